The smallest absolute Gasteiger partial charge is 0.323 e. The summed E-state index contributed by atoms with van der Waals surface area (Å²) in [5.41, 5.74) is -0.604. The molecule has 1 aliphatic carbocycles. The second kappa shape index (κ2) is 4.33. The highest BCUT2D eigenvalue weighted by Crippen LogP contribution is 2.60. The lowest BCUT2D eigenvalue weighted by Gasteiger charge is -2.10. The van der Waals surface area contributed by atoms with E-state index in [1.807, 2.05) is 0 Å². The average molecular weight is 250 g/mol. The highest BCUT2D eigenvalue weighted by molar-refractivity contribution is 6.04. The van der Waals surface area contributed by atoms with Crippen LogP contribution < -0.4 is 4.74 Å². The maximum atomic E-state index is 11.6. The molecule has 1 aliphatic rings. The van der Waals surface area contributed by atoms with Crippen molar-refractivity contribution in [3.05, 3.63) is 29.8 Å². The first kappa shape index (κ1) is 12.4. The van der Waals surface area contributed by atoms with Crippen molar-refractivity contribution < 1.29 is 24.2 Å². The van der Waals surface area contributed by atoms with Gasteiger partial charge < -0.3 is 14.6 Å². The van der Waals surface area contributed by atoms with Crippen LogP contribution in [-0.2, 0) is 14.3 Å². The van der Waals surface area contributed by atoms with E-state index in [2.05, 4.69) is 4.74 Å². The van der Waals surface area contributed by atoms with E-state index >= 15 is 0 Å². The molecule has 0 bridgehead atoms. The van der Waals surface area contributed by atoms with Gasteiger partial charge in [-0.15, -0.1) is 0 Å². The molecule has 18 heavy (non-hydrogen) atoms. The number of aliphatic carboxylic acids is 1. The molecule has 1 N–H and O–H groups in total. The first-order chi connectivity index (χ1) is 8.56. The molecule has 0 amide bonds. The Kier molecular flexibility index (Phi) is 2.98. The monoisotopic (exact) mass is 250 g/mol. The van der Waals surface area contributed by atoms with Gasteiger partial charge >= 0.3 is 11.9 Å². The molecule has 96 valence electrons. The Labute approximate surface area is 104 Å². The van der Waals surface area contributed by atoms with E-state index in [0.717, 1.165) is 5.56 Å². The molecule has 2 atom stereocenters. The van der Waals surface area contributed by atoms with Crippen LogP contribution in [0.5, 0.6) is 5.75 Å². The molecule has 1 saturated carbocycles. The molecule has 0 spiro atoms. The average Bonchev–Trinajstić information content (AvgIpc) is 3.14. The molecule has 0 heterocycles. The zero-order valence-electron chi connectivity index (χ0n) is 10.2. The van der Waals surface area contributed by atoms with Gasteiger partial charge in [-0.1, -0.05) is 12.1 Å². The van der Waals surface area contributed by atoms with E-state index in [1.165, 1.54) is 7.11 Å². The second-order valence-electron chi connectivity index (χ2n) is 4.30. The lowest BCUT2D eigenvalue weighted by Crippen LogP contribution is -2.28. The van der Waals surface area contributed by atoms with Crippen molar-refractivity contribution in [3.63, 3.8) is 0 Å². The van der Waals surface area contributed by atoms with E-state index in [-0.39, 0.29) is 12.3 Å². The number of carbonyl (C=O) groups is 2. The highest BCUT2D eigenvalue weighted by Gasteiger charge is 2.67. The molecule has 2 rings (SSSR count). The van der Waals surface area contributed by atoms with Gasteiger partial charge in [0, 0.05) is 5.92 Å². The summed E-state index contributed by atoms with van der Waals surface area (Å²) in [6.45, 7) is 0. The maximum Gasteiger partial charge on any atom is 0.323 e. The van der Waals surface area contributed by atoms with Crippen LogP contribution in [0.15, 0.2) is 24.3 Å². The van der Waals surface area contributed by atoms with Gasteiger partial charge in [-0.05, 0) is 24.1 Å². The number of ether oxygens (including phenoxy) is 2. The first-order valence-electron chi connectivity index (χ1n) is 5.52. The number of esters is 1. The van der Waals surface area contributed by atoms with Crippen molar-refractivity contribution in [2.45, 2.75) is 12.3 Å². The Bertz CT molecular complexity index is 479. The van der Waals surface area contributed by atoms with Crippen molar-refractivity contribution in [1.82, 2.24) is 0 Å². The van der Waals surface area contributed by atoms with Crippen molar-refractivity contribution in [2.24, 2.45) is 5.41 Å². The van der Waals surface area contributed by atoms with Crippen LogP contribution in [0.2, 0.25) is 0 Å². The Morgan fingerprint density at radius 3 is 2.33 bits per heavy atom. The van der Waals surface area contributed by atoms with Gasteiger partial charge in [0.25, 0.3) is 0 Å². The lowest BCUT2D eigenvalue weighted by atomic mass is 9.99. The largest absolute Gasteiger partial charge is 0.497 e. The summed E-state index contributed by atoms with van der Waals surface area (Å²) in [4.78, 5) is 22.9. The topological polar surface area (TPSA) is 72.8 Å². The third-order valence-corrected chi connectivity index (χ3v) is 3.41. The minimum atomic E-state index is -1.41. The van der Waals surface area contributed by atoms with Crippen LogP contribution in [0.3, 0.4) is 0 Å². The fourth-order valence-corrected chi connectivity index (χ4v) is 2.23. The Hall–Kier alpha value is -2.04. The number of methoxy groups -OCH3 is 2. The molecule has 0 saturated heterocycles. The van der Waals surface area contributed by atoms with Gasteiger partial charge in [-0.2, -0.15) is 0 Å². The highest BCUT2D eigenvalue weighted by atomic mass is 16.5. The van der Waals surface area contributed by atoms with Gasteiger partial charge in [0.1, 0.15) is 5.75 Å². The molecular weight excluding hydrogens is 236 g/mol. The third-order valence-electron chi connectivity index (χ3n) is 3.41. The zero-order chi connectivity index (χ0) is 13.3. The van der Waals surface area contributed by atoms with Gasteiger partial charge in [-0.3, -0.25) is 9.59 Å². The van der Waals surface area contributed by atoms with Crippen molar-refractivity contribution in [3.8, 4) is 5.75 Å². The summed E-state index contributed by atoms with van der Waals surface area (Å²) >= 11 is 0. The number of hydrogen-bond acceptors (Lipinski definition) is 4. The Morgan fingerprint density at radius 1 is 1.28 bits per heavy atom. The van der Waals surface area contributed by atoms with Crippen molar-refractivity contribution in [2.75, 3.05) is 14.2 Å². The molecule has 5 heteroatoms. The molecule has 0 radical (unpaired) electrons. The summed E-state index contributed by atoms with van der Waals surface area (Å²) in [5, 5.41) is 9.21. The van der Waals surface area contributed by atoms with E-state index < -0.39 is 17.4 Å². The molecule has 1 aromatic rings. The van der Waals surface area contributed by atoms with Crippen LogP contribution in [0.1, 0.15) is 17.9 Å². The van der Waals surface area contributed by atoms with Crippen LogP contribution >= 0.6 is 0 Å². The van der Waals surface area contributed by atoms with Crippen LogP contribution in [-0.4, -0.2) is 31.3 Å². The maximum absolute atomic E-state index is 11.6. The second-order valence-corrected chi connectivity index (χ2v) is 4.30. The third kappa shape index (κ3) is 1.72. The molecule has 0 unspecified atom stereocenters. The minimum absolute atomic E-state index is 0.279. The molecular formula is C13H14O5. The summed E-state index contributed by atoms with van der Waals surface area (Å²) in [6.07, 6.45) is 0.279. The summed E-state index contributed by atoms with van der Waals surface area (Å²) in [7, 11) is 2.76. The van der Waals surface area contributed by atoms with E-state index in [1.54, 1.807) is 31.4 Å². The lowest BCUT2D eigenvalue weighted by molar-refractivity contribution is -0.159. The number of carbonyl (C=O) groups excluding carboxylic acids is 1. The SMILES string of the molecule is COC(=O)[C@@]1(C(=O)O)C[C@H]1c1ccc(OC)cc1. The summed E-state index contributed by atoms with van der Waals surface area (Å²) in [5.74, 6) is -1.45. The number of hydrogen-bond donors (Lipinski definition) is 1. The molecule has 0 aromatic heterocycles. The van der Waals surface area contributed by atoms with E-state index in [0.29, 0.717) is 5.75 Å². The molecule has 0 aliphatic heterocycles. The van der Waals surface area contributed by atoms with Gasteiger partial charge in [0.05, 0.1) is 14.2 Å². The molecule has 1 aromatic carbocycles. The first-order valence-corrected chi connectivity index (χ1v) is 5.52. The number of carboxylic acid groups (broad SMARTS) is 1. The fraction of sp³-hybridized carbons (Fsp3) is 0.385. The number of carboxylic acids is 1. The van der Waals surface area contributed by atoms with Gasteiger partial charge in [0.15, 0.2) is 5.41 Å². The van der Waals surface area contributed by atoms with Gasteiger partial charge in [-0.25, -0.2) is 0 Å². The minimum Gasteiger partial charge on any atom is -0.497 e. The Balaban J connectivity index is 2.26. The zero-order valence-corrected chi connectivity index (χ0v) is 10.2. The van der Waals surface area contributed by atoms with Gasteiger partial charge in [0.2, 0.25) is 0 Å². The van der Waals surface area contributed by atoms with E-state index in [9.17, 15) is 14.7 Å². The number of benzene rings is 1. The summed E-state index contributed by atoms with van der Waals surface area (Å²) in [6, 6.07) is 7.04. The summed E-state index contributed by atoms with van der Waals surface area (Å²) < 4.78 is 9.62. The molecule has 5 nitrogen and oxygen atoms in total. The number of rotatable bonds is 4. The van der Waals surface area contributed by atoms with Crippen molar-refractivity contribution in [1.29, 1.82) is 0 Å². The predicted molar refractivity (Wildman–Crippen MR) is 62.4 cm³/mol. The van der Waals surface area contributed by atoms with E-state index in [4.69, 9.17) is 4.74 Å². The molecule has 1 fully saturated rings. The standard InChI is InChI=1S/C13H14O5/c1-17-9-5-3-8(4-6-9)10-7-13(10,11(14)15)12(16)18-2/h3-6,10H,7H2,1-2H3,(H,14,15)/t10-,13-/m0/s1. The fourth-order valence-electron chi connectivity index (χ4n) is 2.23. The predicted octanol–water partition coefficient (Wildman–Crippen LogP) is 1.43. The Morgan fingerprint density at radius 2 is 1.89 bits per heavy atom. The quantitative estimate of drug-likeness (QED) is 0.646. The van der Waals surface area contributed by atoms with Crippen molar-refractivity contribution >= 4 is 11.9 Å². The van der Waals surface area contributed by atoms with Crippen LogP contribution in [0, 0.1) is 5.41 Å². The normalized spacial score (nSPS) is 25.3. The van der Waals surface area contributed by atoms with Crippen LogP contribution in [0.25, 0.3) is 0 Å². The van der Waals surface area contributed by atoms with Crippen LogP contribution in [0.4, 0.5) is 0 Å².